The zero-order chi connectivity index (χ0) is 12.5. The lowest BCUT2D eigenvalue weighted by Gasteiger charge is -2.52. The third-order valence-corrected chi connectivity index (χ3v) is 6.55. The zero-order valence-electron chi connectivity index (χ0n) is 11.8. The summed E-state index contributed by atoms with van der Waals surface area (Å²) in [4.78, 5) is 0. The summed E-state index contributed by atoms with van der Waals surface area (Å²) in [6, 6.07) is 0. The summed E-state index contributed by atoms with van der Waals surface area (Å²) < 4.78 is 0. The highest BCUT2D eigenvalue weighted by atomic mass is 16.3. The fraction of sp³-hybridized carbons (Fsp3) is 0.875. The van der Waals surface area contributed by atoms with Gasteiger partial charge in [-0.1, -0.05) is 33.3 Å². The SMILES string of the molecule is CC1(C)C2=C(CO)CCC(C)(C)[C@]23CC[C@H]1C3. The predicted molar refractivity (Wildman–Crippen MR) is 70.7 cm³/mol. The van der Waals surface area contributed by atoms with Gasteiger partial charge in [-0.15, -0.1) is 0 Å². The summed E-state index contributed by atoms with van der Waals surface area (Å²) in [6.45, 7) is 10.1. The van der Waals surface area contributed by atoms with Gasteiger partial charge in [-0.3, -0.25) is 0 Å². The number of allylic oxidation sites excluding steroid dienone is 1. The second-order valence-electron chi connectivity index (χ2n) is 7.76. The number of fused-ring (bicyclic) bond motifs is 1. The number of rotatable bonds is 1. The van der Waals surface area contributed by atoms with E-state index in [9.17, 15) is 5.11 Å². The standard InChI is InChI=1S/C16H26O/c1-14(2)7-5-11(10-17)13-15(3,4)12-6-8-16(13,14)9-12/h12,17H,5-10H2,1-4H3/t12-,16-/m0/s1. The zero-order valence-corrected chi connectivity index (χ0v) is 11.8. The van der Waals surface area contributed by atoms with E-state index in [1.165, 1.54) is 31.3 Å². The highest BCUT2D eigenvalue weighted by Gasteiger charge is 2.65. The maximum Gasteiger partial charge on any atom is 0.0644 e. The van der Waals surface area contributed by atoms with Crippen molar-refractivity contribution in [1.82, 2.24) is 0 Å². The second-order valence-corrected chi connectivity index (χ2v) is 7.76. The Balaban J connectivity index is 2.22. The Morgan fingerprint density at radius 1 is 1.18 bits per heavy atom. The normalized spacial score (nSPS) is 41.8. The van der Waals surface area contributed by atoms with Crippen molar-refractivity contribution in [2.45, 2.75) is 59.8 Å². The van der Waals surface area contributed by atoms with Crippen LogP contribution in [0.4, 0.5) is 0 Å². The number of aliphatic hydroxyl groups is 1. The molecule has 0 aromatic heterocycles. The van der Waals surface area contributed by atoms with E-state index in [0.717, 1.165) is 12.3 Å². The smallest absolute Gasteiger partial charge is 0.0644 e. The van der Waals surface area contributed by atoms with Gasteiger partial charge in [0.05, 0.1) is 6.61 Å². The van der Waals surface area contributed by atoms with Gasteiger partial charge in [0.2, 0.25) is 0 Å². The van der Waals surface area contributed by atoms with E-state index in [1.54, 1.807) is 5.57 Å². The molecule has 17 heavy (non-hydrogen) atoms. The molecule has 1 N–H and O–H groups in total. The first-order valence-electron chi connectivity index (χ1n) is 7.19. The lowest BCUT2D eigenvalue weighted by atomic mass is 9.52. The van der Waals surface area contributed by atoms with E-state index in [-0.39, 0.29) is 0 Å². The first kappa shape index (κ1) is 11.8. The summed E-state index contributed by atoms with van der Waals surface area (Å²) >= 11 is 0. The molecule has 0 radical (unpaired) electrons. The highest BCUT2D eigenvalue weighted by Crippen LogP contribution is 2.74. The average Bonchev–Trinajstić information content (AvgIpc) is 2.76. The van der Waals surface area contributed by atoms with E-state index in [1.807, 2.05) is 0 Å². The van der Waals surface area contributed by atoms with Gasteiger partial charge < -0.3 is 5.11 Å². The molecule has 0 aromatic rings. The Morgan fingerprint density at radius 2 is 1.88 bits per heavy atom. The molecular formula is C16H26O. The van der Waals surface area contributed by atoms with Crippen molar-refractivity contribution in [3.05, 3.63) is 11.1 Å². The van der Waals surface area contributed by atoms with Gasteiger partial charge in [0.25, 0.3) is 0 Å². The lowest BCUT2D eigenvalue weighted by molar-refractivity contribution is 0.0815. The molecule has 3 rings (SSSR count). The fourth-order valence-electron chi connectivity index (χ4n) is 5.44. The molecule has 0 amide bonds. The first-order valence-corrected chi connectivity index (χ1v) is 7.19. The van der Waals surface area contributed by atoms with Crippen LogP contribution in [-0.2, 0) is 0 Å². The van der Waals surface area contributed by atoms with Crippen LogP contribution in [0.3, 0.4) is 0 Å². The third kappa shape index (κ3) is 1.19. The summed E-state index contributed by atoms with van der Waals surface area (Å²) in [7, 11) is 0. The van der Waals surface area contributed by atoms with Crippen molar-refractivity contribution < 1.29 is 5.11 Å². The molecule has 3 aliphatic rings. The lowest BCUT2D eigenvalue weighted by Crippen LogP contribution is -2.43. The van der Waals surface area contributed by atoms with Crippen molar-refractivity contribution in [3.8, 4) is 0 Å². The van der Waals surface area contributed by atoms with Crippen LogP contribution in [0.1, 0.15) is 59.8 Å². The summed E-state index contributed by atoms with van der Waals surface area (Å²) in [5.41, 5.74) is 4.26. The van der Waals surface area contributed by atoms with Crippen LogP contribution in [0, 0.1) is 22.2 Å². The predicted octanol–water partition coefficient (Wildman–Crippen LogP) is 3.92. The van der Waals surface area contributed by atoms with E-state index in [2.05, 4.69) is 27.7 Å². The Bertz CT molecular complexity index is 388. The number of hydrogen-bond acceptors (Lipinski definition) is 1. The molecule has 1 heteroatoms. The second kappa shape index (κ2) is 3.17. The minimum atomic E-state index is 0.295. The molecule has 0 aliphatic heterocycles. The molecule has 0 aromatic carbocycles. The van der Waals surface area contributed by atoms with Crippen LogP contribution in [-0.4, -0.2) is 11.7 Å². The molecule has 2 saturated carbocycles. The van der Waals surface area contributed by atoms with Crippen molar-refractivity contribution in [1.29, 1.82) is 0 Å². The maximum atomic E-state index is 9.71. The van der Waals surface area contributed by atoms with Crippen LogP contribution < -0.4 is 0 Å². The van der Waals surface area contributed by atoms with Crippen molar-refractivity contribution in [2.24, 2.45) is 22.2 Å². The quantitative estimate of drug-likeness (QED) is 0.682. The molecule has 1 spiro atoms. The highest BCUT2D eigenvalue weighted by molar-refractivity contribution is 5.41. The summed E-state index contributed by atoms with van der Waals surface area (Å²) in [6.07, 6.45) is 6.53. The van der Waals surface area contributed by atoms with Gasteiger partial charge in [-0.05, 0) is 59.8 Å². The van der Waals surface area contributed by atoms with Crippen LogP contribution >= 0.6 is 0 Å². The van der Waals surface area contributed by atoms with E-state index < -0.39 is 0 Å². The van der Waals surface area contributed by atoms with Gasteiger partial charge in [0.15, 0.2) is 0 Å². The monoisotopic (exact) mass is 234 g/mol. The Kier molecular flexibility index (Phi) is 2.20. The minimum Gasteiger partial charge on any atom is -0.392 e. The van der Waals surface area contributed by atoms with E-state index >= 15 is 0 Å². The van der Waals surface area contributed by atoms with Crippen molar-refractivity contribution in [2.75, 3.05) is 6.61 Å². The molecule has 0 unspecified atom stereocenters. The van der Waals surface area contributed by atoms with Gasteiger partial charge in [-0.25, -0.2) is 0 Å². The molecular weight excluding hydrogens is 208 g/mol. The van der Waals surface area contributed by atoms with Gasteiger partial charge in [-0.2, -0.15) is 0 Å². The third-order valence-electron chi connectivity index (χ3n) is 6.55. The molecule has 2 fully saturated rings. The Hall–Kier alpha value is -0.300. The maximum absolute atomic E-state index is 9.71. The number of aliphatic hydroxyl groups excluding tert-OH is 1. The van der Waals surface area contributed by atoms with Gasteiger partial charge >= 0.3 is 0 Å². The molecule has 0 heterocycles. The average molecular weight is 234 g/mol. The molecule has 2 bridgehead atoms. The van der Waals surface area contributed by atoms with Crippen molar-refractivity contribution in [3.63, 3.8) is 0 Å². The van der Waals surface area contributed by atoms with E-state index in [0.29, 0.717) is 22.9 Å². The molecule has 3 aliphatic carbocycles. The first-order chi connectivity index (χ1) is 7.85. The van der Waals surface area contributed by atoms with Crippen molar-refractivity contribution >= 4 is 0 Å². The molecule has 96 valence electrons. The summed E-state index contributed by atoms with van der Waals surface area (Å²) in [5.74, 6) is 0.858. The molecule has 0 saturated heterocycles. The van der Waals surface area contributed by atoms with Crippen LogP contribution in [0.5, 0.6) is 0 Å². The van der Waals surface area contributed by atoms with Crippen LogP contribution in [0.25, 0.3) is 0 Å². The number of hydrogen-bond donors (Lipinski definition) is 1. The summed E-state index contributed by atoms with van der Waals surface area (Å²) in [5, 5.41) is 9.71. The largest absolute Gasteiger partial charge is 0.392 e. The fourth-order valence-corrected chi connectivity index (χ4v) is 5.44. The van der Waals surface area contributed by atoms with E-state index in [4.69, 9.17) is 0 Å². The molecule has 2 atom stereocenters. The van der Waals surface area contributed by atoms with Gasteiger partial charge in [0.1, 0.15) is 0 Å². The molecule has 1 nitrogen and oxygen atoms in total. The van der Waals surface area contributed by atoms with Crippen LogP contribution in [0.2, 0.25) is 0 Å². The topological polar surface area (TPSA) is 20.2 Å². The Labute approximate surface area is 105 Å². The van der Waals surface area contributed by atoms with Crippen LogP contribution in [0.15, 0.2) is 11.1 Å². The minimum absolute atomic E-state index is 0.295. The Morgan fingerprint density at radius 3 is 2.53 bits per heavy atom. The van der Waals surface area contributed by atoms with Gasteiger partial charge in [0, 0.05) is 0 Å².